The smallest absolute Gasteiger partial charge is 0.0590 e. The summed E-state index contributed by atoms with van der Waals surface area (Å²) in [5.74, 6) is 0. The fraction of sp³-hybridized carbons (Fsp3) is 0.269. The second-order valence-corrected chi connectivity index (χ2v) is 7.97. The van der Waals surface area contributed by atoms with Crippen molar-refractivity contribution in [1.29, 1.82) is 0 Å². The van der Waals surface area contributed by atoms with Crippen molar-refractivity contribution < 1.29 is 0 Å². The summed E-state index contributed by atoms with van der Waals surface area (Å²) < 4.78 is 0. The number of anilines is 2. The minimum atomic E-state index is 0.171. The standard InChI is InChI=1S/C26H31N5/c1-19(28-16-14-27)26-17-23(13-15-29-26)31-22-11-9-20(10-12-22)5-4-6-21-18-30-25-8-3-2-7-24(21)25/h2-3,7-13,15,17-19,28,30H,4-6,14,16,27H2,1H3,(H,29,31). The van der Waals surface area contributed by atoms with E-state index in [1.807, 2.05) is 12.3 Å². The number of H-pyrrole nitrogens is 1. The van der Waals surface area contributed by atoms with E-state index >= 15 is 0 Å². The summed E-state index contributed by atoms with van der Waals surface area (Å²) in [6.07, 6.45) is 7.28. The summed E-state index contributed by atoms with van der Waals surface area (Å²) in [5, 5.41) is 8.19. The molecule has 1 atom stereocenters. The summed E-state index contributed by atoms with van der Waals surface area (Å²) in [6.45, 7) is 3.51. The Labute approximate surface area is 184 Å². The van der Waals surface area contributed by atoms with Gasteiger partial charge >= 0.3 is 0 Å². The average molecular weight is 414 g/mol. The normalized spacial score (nSPS) is 12.2. The van der Waals surface area contributed by atoms with Gasteiger partial charge in [-0.3, -0.25) is 4.98 Å². The largest absolute Gasteiger partial charge is 0.361 e. The van der Waals surface area contributed by atoms with Gasteiger partial charge in [0.25, 0.3) is 0 Å². The maximum absolute atomic E-state index is 5.58. The number of hydrogen-bond donors (Lipinski definition) is 4. The van der Waals surface area contributed by atoms with Gasteiger partial charge in [0, 0.05) is 53.8 Å². The first-order valence-corrected chi connectivity index (χ1v) is 11.0. The van der Waals surface area contributed by atoms with Gasteiger partial charge in [0.2, 0.25) is 0 Å². The Balaban J connectivity index is 1.31. The van der Waals surface area contributed by atoms with Gasteiger partial charge in [0.05, 0.1) is 5.69 Å². The first-order valence-electron chi connectivity index (χ1n) is 11.0. The van der Waals surface area contributed by atoms with Gasteiger partial charge in [-0.2, -0.15) is 0 Å². The summed E-state index contributed by atoms with van der Waals surface area (Å²) in [7, 11) is 0. The van der Waals surface area contributed by atoms with E-state index in [4.69, 9.17) is 5.73 Å². The second-order valence-electron chi connectivity index (χ2n) is 7.97. The number of nitrogens with zero attached hydrogens (tertiary/aromatic N) is 1. The van der Waals surface area contributed by atoms with Crippen molar-refractivity contribution in [1.82, 2.24) is 15.3 Å². The number of fused-ring (bicyclic) bond motifs is 1. The van der Waals surface area contributed by atoms with Crippen LogP contribution in [0.2, 0.25) is 0 Å². The number of benzene rings is 2. The highest BCUT2D eigenvalue weighted by molar-refractivity contribution is 5.83. The second kappa shape index (κ2) is 10.2. The Kier molecular flexibility index (Phi) is 6.97. The van der Waals surface area contributed by atoms with E-state index in [0.717, 1.165) is 42.9 Å². The van der Waals surface area contributed by atoms with Crippen LogP contribution < -0.4 is 16.4 Å². The van der Waals surface area contributed by atoms with Gasteiger partial charge in [0.1, 0.15) is 0 Å². The van der Waals surface area contributed by atoms with Gasteiger partial charge < -0.3 is 21.4 Å². The molecule has 5 N–H and O–H groups in total. The lowest BCUT2D eigenvalue weighted by Crippen LogP contribution is -2.25. The lowest BCUT2D eigenvalue weighted by Gasteiger charge is -2.14. The molecule has 0 amide bonds. The SMILES string of the molecule is CC(NCCN)c1cc(Nc2ccc(CCCc3c[nH]c4ccccc34)cc2)ccn1. The van der Waals surface area contributed by atoms with E-state index in [9.17, 15) is 0 Å². The van der Waals surface area contributed by atoms with Gasteiger partial charge in [-0.25, -0.2) is 0 Å². The van der Waals surface area contributed by atoms with E-state index in [1.165, 1.54) is 22.0 Å². The molecule has 4 rings (SSSR count). The van der Waals surface area contributed by atoms with Crippen molar-refractivity contribution in [2.75, 3.05) is 18.4 Å². The van der Waals surface area contributed by atoms with Crippen LogP contribution in [0.25, 0.3) is 10.9 Å². The first-order chi connectivity index (χ1) is 15.2. The molecule has 0 fully saturated rings. The van der Waals surface area contributed by atoms with Crippen molar-refractivity contribution in [3.05, 3.63) is 89.9 Å². The van der Waals surface area contributed by atoms with Crippen molar-refractivity contribution >= 4 is 22.3 Å². The molecule has 4 aromatic rings. The molecular formula is C26H31N5. The van der Waals surface area contributed by atoms with Gasteiger partial charge in [0.15, 0.2) is 0 Å². The Bertz CT molecular complexity index is 1100. The minimum absolute atomic E-state index is 0.171. The summed E-state index contributed by atoms with van der Waals surface area (Å²) >= 11 is 0. The van der Waals surface area contributed by atoms with Crippen LogP contribution >= 0.6 is 0 Å². The third-order valence-corrected chi connectivity index (χ3v) is 5.65. The Morgan fingerprint density at radius 2 is 1.84 bits per heavy atom. The maximum atomic E-state index is 5.58. The van der Waals surface area contributed by atoms with E-state index in [0.29, 0.717) is 6.54 Å². The first kappa shape index (κ1) is 21.1. The maximum Gasteiger partial charge on any atom is 0.0590 e. The zero-order valence-electron chi connectivity index (χ0n) is 18.1. The molecule has 160 valence electrons. The molecule has 2 heterocycles. The van der Waals surface area contributed by atoms with Crippen molar-refractivity contribution in [3.8, 4) is 0 Å². The molecule has 0 aliphatic carbocycles. The molecule has 0 aliphatic heterocycles. The molecule has 5 heteroatoms. The highest BCUT2D eigenvalue weighted by atomic mass is 14.9. The molecule has 31 heavy (non-hydrogen) atoms. The third kappa shape index (κ3) is 5.51. The van der Waals surface area contributed by atoms with E-state index in [1.54, 1.807) is 0 Å². The van der Waals surface area contributed by atoms with Crippen LogP contribution in [0.5, 0.6) is 0 Å². The van der Waals surface area contributed by atoms with Crippen molar-refractivity contribution in [2.45, 2.75) is 32.2 Å². The number of nitrogens with two attached hydrogens (primary N) is 1. The predicted octanol–water partition coefficient (Wildman–Crippen LogP) is 5.09. The molecule has 0 saturated heterocycles. The zero-order chi connectivity index (χ0) is 21.5. The molecular weight excluding hydrogens is 382 g/mol. The number of aromatic amines is 1. The van der Waals surface area contributed by atoms with Crippen LogP contribution in [-0.4, -0.2) is 23.1 Å². The highest BCUT2D eigenvalue weighted by Gasteiger charge is 2.07. The predicted molar refractivity (Wildman–Crippen MR) is 130 cm³/mol. The third-order valence-electron chi connectivity index (χ3n) is 5.65. The molecule has 0 saturated carbocycles. The highest BCUT2D eigenvalue weighted by Crippen LogP contribution is 2.22. The Morgan fingerprint density at radius 3 is 2.68 bits per heavy atom. The molecule has 2 aromatic heterocycles. The monoisotopic (exact) mass is 413 g/mol. The number of aromatic nitrogens is 2. The number of para-hydroxylation sites is 1. The fourth-order valence-electron chi connectivity index (χ4n) is 3.91. The number of hydrogen-bond acceptors (Lipinski definition) is 4. The van der Waals surface area contributed by atoms with Crippen LogP contribution in [0.1, 0.15) is 36.2 Å². The zero-order valence-corrected chi connectivity index (χ0v) is 18.1. The molecule has 0 spiro atoms. The topological polar surface area (TPSA) is 78.8 Å². The van der Waals surface area contributed by atoms with E-state index < -0.39 is 0 Å². The lowest BCUT2D eigenvalue weighted by molar-refractivity contribution is 0.569. The van der Waals surface area contributed by atoms with Crippen LogP contribution in [0.3, 0.4) is 0 Å². The Hall–Kier alpha value is -3.15. The number of nitrogens with one attached hydrogen (secondary N) is 3. The Morgan fingerprint density at radius 1 is 1.00 bits per heavy atom. The summed E-state index contributed by atoms with van der Waals surface area (Å²) in [5.41, 5.74) is 12.7. The van der Waals surface area contributed by atoms with E-state index in [-0.39, 0.29) is 6.04 Å². The summed E-state index contributed by atoms with van der Waals surface area (Å²) in [6, 6.07) is 21.5. The number of pyridine rings is 1. The summed E-state index contributed by atoms with van der Waals surface area (Å²) in [4.78, 5) is 7.84. The van der Waals surface area contributed by atoms with Crippen LogP contribution in [0.4, 0.5) is 11.4 Å². The van der Waals surface area contributed by atoms with Gasteiger partial charge in [-0.05, 0) is 67.6 Å². The molecule has 5 nitrogen and oxygen atoms in total. The molecule has 1 unspecified atom stereocenters. The van der Waals surface area contributed by atoms with Crippen LogP contribution in [0, 0.1) is 0 Å². The van der Waals surface area contributed by atoms with Gasteiger partial charge in [-0.1, -0.05) is 30.3 Å². The molecule has 0 bridgehead atoms. The average Bonchev–Trinajstić information content (AvgIpc) is 3.22. The van der Waals surface area contributed by atoms with E-state index in [2.05, 4.69) is 88.3 Å². The molecule has 2 aromatic carbocycles. The molecule has 0 aliphatic rings. The number of rotatable bonds is 10. The molecule has 0 radical (unpaired) electrons. The van der Waals surface area contributed by atoms with Crippen molar-refractivity contribution in [2.24, 2.45) is 5.73 Å². The van der Waals surface area contributed by atoms with Gasteiger partial charge in [-0.15, -0.1) is 0 Å². The minimum Gasteiger partial charge on any atom is -0.361 e. The fourth-order valence-corrected chi connectivity index (χ4v) is 3.91. The van der Waals surface area contributed by atoms with Crippen LogP contribution in [-0.2, 0) is 12.8 Å². The number of aryl methyl sites for hydroxylation is 2. The lowest BCUT2D eigenvalue weighted by atomic mass is 10.0. The quantitative estimate of drug-likeness (QED) is 0.292. The van der Waals surface area contributed by atoms with Crippen LogP contribution in [0.15, 0.2) is 73.1 Å². The van der Waals surface area contributed by atoms with Crippen molar-refractivity contribution in [3.63, 3.8) is 0 Å².